The zero-order chi connectivity index (χ0) is 10.8. The Morgan fingerprint density at radius 3 is 2.93 bits per heavy atom. The van der Waals surface area contributed by atoms with Crippen molar-refractivity contribution in [3.63, 3.8) is 0 Å². The number of carbonyl (C=O) groups is 1. The first kappa shape index (κ1) is 10.2. The molecule has 1 aliphatic rings. The molecular weight excluding hydrogens is 190 g/mol. The third-order valence-electron chi connectivity index (χ3n) is 3.00. The summed E-state index contributed by atoms with van der Waals surface area (Å²) in [6.45, 7) is 3.76. The summed E-state index contributed by atoms with van der Waals surface area (Å²) in [5.41, 5.74) is 1.11. The molecule has 2 heterocycles. The Hall–Kier alpha value is -1.32. The number of hydrogen-bond acceptors (Lipinski definition) is 2. The van der Waals surface area contributed by atoms with E-state index in [0.717, 1.165) is 24.9 Å². The molecule has 1 amide bonds. The number of hydrogen-bond donors (Lipinski definition) is 0. The summed E-state index contributed by atoms with van der Waals surface area (Å²) in [4.78, 5) is 13.6. The van der Waals surface area contributed by atoms with Crippen LogP contribution in [0.4, 0.5) is 0 Å². The van der Waals surface area contributed by atoms with Gasteiger partial charge in [0.1, 0.15) is 0 Å². The van der Waals surface area contributed by atoms with Crippen molar-refractivity contribution in [3.05, 3.63) is 18.0 Å². The number of likely N-dealkylation sites (tertiary alicyclic amines) is 1. The predicted octanol–water partition coefficient (Wildman–Crippen LogP) is 1.18. The summed E-state index contributed by atoms with van der Waals surface area (Å²) in [6.07, 6.45) is 5.60. The van der Waals surface area contributed by atoms with E-state index in [4.69, 9.17) is 0 Å². The normalized spacial score (nSPS) is 21.3. The lowest BCUT2D eigenvalue weighted by Gasteiger charge is -2.14. The van der Waals surface area contributed by atoms with Crippen LogP contribution in [-0.4, -0.2) is 27.1 Å². The minimum atomic E-state index is 0.283. The summed E-state index contributed by atoms with van der Waals surface area (Å²) in [5.74, 6) is 0.833. The molecule has 0 spiro atoms. The predicted molar refractivity (Wildman–Crippen MR) is 57.0 cm³/mol. The number of amides is 1. The van der Waals surface area contributed by atoms with Crippen molar-refractivity contribution in [2.45, 2.75) is 26.3 Å². The van der Waals surface area contributed by atoms with Crippen molar-refractivity contribution in [2.75, 3.05) is 6.54 Å². The van der Waals surface area contributed by atoms with E-state index >= 15 is 0 Å². The highest BCUT2D eigenvalue weighted by molar-refractivity contribution is 5.78. The Bertz CT molecular complexity index is 358. The highest BCUT2D eigenvalue weighted by Crippen LogP contribution is 2.22. The molecule has 1 saturated heterocycles. The number of rotatable bonds is 3. The Labute approximate surface area is 89.9 Å². The van der Waals surface area contributed by atoms with Gasteiger partial charge in [0.2, 0.25) is 5.91 Å². The van der Waals surface area contributed by atoms with Crippen LogP contribution in [0.1, 0.15) is 25.3 Å². The molecule has 2 rings (SSSR count). The summed E-state index contributed by atoms with van der Waals surface area (Å²) in [6, 6.07) is 0. The highest BCUT2D eigenvalue weighted by Gasteiger charge is 2.28. The van der Waals surface area contributed by atoms with Crippen molar-refractivity contribution in [3.8, 4) is 0 Å². The molecule has 0 bridgehead atoms. The molecule has 1 fully saturated rings. The number of aromatic nitrogens is 2. The topological polar surface area (TPSA) is 38.1 Å². The van der Waals surface area contributed by atoms with Crippen LogP contribution >= 0.6 is 0 Å². The average molecular weight is 207 g/mol. The Kier molecular flexibility index (Phi) is 2.75. The van der Waals surface area contributed by atoms with E-state index in [1.165, 1.54) is 0 Å². The molecular formula is C11H17N3O. The molecule has 0 saturated carbocycles. The van der Waals surface area contributed by atoms with Crippen LogP contribution in [0.25, 0.3) is 0 Å². The summed E-state index contributed by atoms with van der Waals surface area (Å²) < 4.78 is 1.77. The van der Waals surface area contributed by atoms with Gasteiger partial charge in [0.15, 0.2) is 0 Å². The molecule has 1 aromatic rings. The van der Waals surface area contributed by atoms with Gasteiger partial charge in [-0.25, -0.2) is 0 Å². The van der Waals surface area contributed by atoms with Gasteiger partial charge < -0.3 is 4.90 Å². The first-order valence-electron chi connectivity index (χ1n) is 5.44. The van der Waals surface area contributed by atoms with E-state index < -0.39 is 0 Å². The largest absolute Gasteiger partial charge is 0.338 e. The Balaban J connectivity index is 1.98. The van der Waals surface area contributed by atoms with Gasteiger partial charge in [-0.15, -0.1) is 0 Å². The zero-order valence-corrected chi connectivity index (χ0v) is 9.31. The molecule has 15 heavy (non-hydrogen) atoms. The molecule has 4 heteroatoms. The fraction of sp³-hybridized carbons (Fsp3) is 0.636. The van der Waals surface area contributed by atoms with Gasteiger partial charge in [0.25, 0.3) is 0 Å². The Morgan fingerprint density at radius 1 is 1.60 bits per heavy atom. The number of aryl methyl sites for hydroxylation is 1. The second-order valence-corrected chi connectivity index (χ2v) is 4.27. The highest BCUT2D eigenvalue weighted by atomic mass is 16.2. The molecule has 1 atom stereocenters. The van der Waals surface area contributed by atoms with Crippen molar-refractivity contribution >= 4 is 5.91 Å². The lowest BCUT2D eigenvalue weighted by atomic mass is 10.1. The van der Waals surface area contributed by atoms with Crippen LogP contribution in [-0.2, 0) is 18.4 Å². The van der Waals surface area contributed by atoms with Gasteiger partial charge in [-0.2, -0.15) is 5.10 Å². The third kappa shape index (κ3) is 2.19. The molecule has 1 aliphatic heterocycles. The molecule has 1 aromatic heterocycles. The first-order valence-corrected chi connectivity index (χ1v) is 5.44. The first-order chi connectivity index (χ1) is 7.19. The molecule has 0 unspecified atom stereocenters. The van der Waals surface area contributed by atoms with Crippen LogP contribution in [0.15, 0.2) is 12.4 Å². The van der Waals surface area contributed by atoms with Crippen LogP contribution < -0.4 is 0 Å². The molecule has 82 valence electrons. The van der Waals surface area contributed by atoms with Crippen molar-refractivity contribution < 1.29 is 4.79 Å². The van der Waals surface area contributed by atoms with E-state index in [0.29, 0.717) is 12.5 Å². The summed E-state index contributed by atoms with van der Waals surface area (Å²) in [7, 11) is 1.89. The smallest absolute Gasteiger partial charge is 0.223 e. The van der Waals surface area contributed by atoms with Crippen molar-refractivity contribution in [1.82, 2.24) is 14.7 Å². The fourth-order valence-electron chi connectivity index (χ4n) is 2.05. The third-order valence-corrected chi connectivity index (χ3v) is 3.00. The van der Waals surface area contributed by atoms with Crippen LogP contribution in [0.5, 0.6) is 0 Å². The second kappa shape index (κ2) is 4.04. The standard InChI is InChI=1S/C11H17N3O/c1-3-9-4-11(15)14(7-9)8-10-5-12-13(2)6-10/h5-6,9H,3-4,7-8H2,1-2H3/t9-/m0/s1. The van der Waals surface area contributed by atoms with E-state index in [1.54, 1.807) is 4.68 Å². The Morgan fingerprint density at radius 2 is 2.40 bits per heavy atom. The van der Waals surface area contributed by atoms with Crippen molar-refractivity contribution in [1.29, 1.82) is 0 Å². The SMILES string of the molecule is CC[C@H]1CC(=O)N(Cc2cnn(C)c2)C1. The number of carbonyl (C=O) groups excluding carboxylic acids is 1. The lowest BCUT2D eigenvalue weighted by Crippen LogP contribution is -2.24. The van der Waals surface area contributed by atoms with Gasteiger partial charge in [-0.05, 0) is 5.92 Å². The molecule has 0 radical (unpaired) electrons. The van der Waals surface area contributed by atoms with Gasteiger partial charge in [-0.3, -0.25) is 9.48 Å². The monoisotopic (exact) mass is 207 g/mol. The average Bonchev–Trinajstić information content (AvgIpc) is 2.75. The molecule has 0 N–H and O–H groups in total. The van der Waals surface area contributed by atoms with Gasteiger partial charge in [0.05, 0.1) is 6.20 Å². The maximum absolute atomic E-state index is 11.7. The quantitative estimate of drug-likeness (QED) is 0.746. The van der Waals surface area contributed by atoms with Crippen LogP contribution in [0.3, 0.4) is 0 Å². The lowest BCUT2D eigenvalue weighted by molar-refractivity contribution is -0.128. The van der Waals surface area contributed by atoms with E-state index in [9.17, 15) is 4.79 Å². The fourth-order valence-corrected chi connectivity index (χ4v) is 2.05. The maximum Gasteiger partial charge on any atom is 0.223 e. The summed E-state index contributed by atoms with van der Waals surface area (Å²) >= 11 is 0. The van der Waals surface area contributed by atoms with Gasteiger partial charge in [-0.1, -0.05) is 13.3 Å². The van der Waals surface area contributed by atoms with Crippen LogP contribution in [0, 0.1) is 5.92 Å². The maximum atomic E-state index is 11.7. The van der Waals surface area contributed by atoms with E-state index in [-0.39, 0.29) is 5.91 Å². The molecule has 4 nitrogen and oxygen atoms in total. The molecule has 0 aliphatic carbocycles. The zero-order valence-electron chi connectivity index (χ0n) is 9.31. The van der Waals surface area contributed by atoms with Gasteiger partial charge in [0, 0.05) is 38.3 Å². The second-order valence-electron chi connectivity index (χ2n) is 4.27. The van der Waals surface area contributed by atoms with E-state index in [1.807, 2.05) is 24.3 Å². The van der Waals surface area contributed by atoms with Gasteiger partial charge >= 0.3 is 0 Å². The number of nitrogens with zero attached hydrogens (tertiary/aromatic N) is 3. The van der Waals surface area contributed by atoms with Crippen molar-refractivity contribution in [2.24, 2.45) is 13.0 Å². The van der Waals surface area contributed by atoms with E-state index in [2.05, 4.69) is 12.0 Å². The minimum Gasteiger partial charge on any atom is -0.338 e. The summed E-state index contributed by atoms with van der Waals surface area (Å²) in [5, 5.41) is 4.10. The van der Waals surface area contributed by atoms with Crippen LogP contribution in [0.2, 0.25) is 0 Å². The molecule has 0 aromatic carbocycles. The minimum absolute atomic E-state index is 0.283.